The maximum atomic E-state index is 12.3. The number of fused-ring (bicyclic) bond motifs is 1. The van der Waals surface area contributed by atoms with Crippen molar-refractivity contribution in [2.75, 3.05) is 20.6 Å². The monoisotopic (exact) mass is 312 g/mol. The van der Waals surface area contributed by atoms with Gasteiger partial charge in [0.2, 0.25) is 5.91 Å². The van der Waals surface area contributed by atoms with E-state index in [1.807, 2.05) is 24.1 Å². The van der Waals surface area contributed by atoms with E-state index in [0.29, 0.717) is 18.9 Å². The van der Waals surface area contributed by atoms with Crippen molar-refractivity contribution in [3.05, 3.63) is 59.5 Å². The third kappa shape index (κ3) is 3.82. The lowest BCUT2D eigenvalue weighted by Gasteiger charge is -2.36. The molecule has 0 saturated carbocycles. The fraction of sp³-hybridized carbons (Fsp3) is 0.421. The summed E-state index contributed by atoms with van der Waals surface area (Å²) >= 11 is 0. The zero-order valence-corrected chi connectivity index (χ0v) is 13.9. The molecule has 4 nitrogen and oxygen atoms in total. The molecule has 0 spiro atoms. The Kier molecular flexibility index (Phi) is 4.82. The molecule has 0 saturated heterocycles. The minimum Gasteiger partial charge on any atom is -0.469 e. The molecule has 1 aliphatic rings. The van der Waals surface area contributed by atoms with E-state index in [4.69, 9.17) is 4.42 Å². The largest absolute Gasteiger partial charge is 0.469 e. The normalized spacial score (nSPS) is 17.7. The summed E-state index contributed by atoms with van der Waals surface area (Å²) in [6.45, 7) is 1.72. The van der Waals surface area contributed by atoms with Gasteiger partial charge in [0.15, 0.2) is 0 Å². The second-order valence-corrected chi connectivity index (χ2v) is 6.40. The van der Waals surface area contributed by atoms with Crippen LogP contribution in [0.5, 0.6) is 0 Å². The highest BCUT2D eigenvalue weighted by molar-refractivity contribution is 5.76. The summed E-state index contributed by atoms with van der Waals surface area (Å²) in [7, 11) is 4.04. The van der Waals surface area contributed by atoms with Crippen LogP contribution in [-0.2, 0) is 24.2 Å². The predicted molar refractivity (Wildman–Crippen MR) is 90.1 cm³/mol. The van der Waals surface area contributed by atoms with Gasteiger partial charge in [0.25, 0.3) is 0 Å². The molecule has 23 heavy (non-hydrogen) atoms. The average Bonchev–Trinajstić information content (AvgIpc) is 3.06. The third-order valence-corrected chi connectivity index (χ3v) is 4.69. The van der Waals surface area contributed by atoms with Crippen LogP contribution in [0, 0.1) is 0 Å². The van der Waals surface area contributed by atoms with E-state index in [-0.39, 0.29) is 5.91 Å². The van der Waals surface area contributed by atoms with E-state index >= 15 is 0 Å². The molecule has 2 aromatic rings. The minimum absolute atomic E-state index is 0.175. The van der Waals surface area contributed by atoms with Gasteiger partial charge in [0.05, 0.1) is 6.26 Å². The second kappa shape index (κ2) is 7.01. The number of carbonyl (C=O) groups is 1. The van der Waals surface area contributed by atoms with Crippen molar-refractivity contribution in [3.8, 4) is 0 Å². The summed E-state index contributed by atoms with van der Waals surface area (Å²) in [6.07, 6.45) is 3.82. The van der Waals surface area contributed by atoms with E-state index in [1.165, 1.54) is 11.1 Å². The number of likely N-dealkylation sites (N-methyl/N-ethyl adjacent to an activating group) is 2. The number of amides is 1. The predicted octanol–water partition coefficient (Wildman–Crippen LogP) is 2.73. The molecule has 0 unspecified atom stereocenters. The Bertz CT molecular complexity index is 651. The van der Waals surface area contributed by atoms with Crippen molar-refractivity contribution in [3.63, 3.8) is 0 Å². The number of hydrogen-bond acceptors (Lipinski definition) is 3. The van der Waals surface area contributed by atoms with Gasteiger partial charge < -0.3 is 9.32 Å². The van der Waals surface area contributed by atoms with Gasteiger partial charge in [-0.3, -0.25) is 9.69 Å². The molecular formula is C19H24N2O2. The first-order chi connectivity index (χ1) is 11.1. The van der Waals surface area contributed by atoms with Crippen LogP contribution in [0.25, 0.3) is 0 Å². The van der Waals surface area contributed by atoms with Crippen LogP contribution in [0.1, 0.15) is 23.3 Å². The zero-order valence-electron chi connectivity index (χ0n) is 13.9. The van der Waals surface area contributed by atoms with Gasteiger partial charge in [0.1, 0.15) is 5.76 Å². The molecule has 2 heterocycles. The summed E-state index contributed by atoms with van der Waals surface area (Å²) in [5.74, 6) is 1.05. The Morgan fingerprint density at radius 2 is 2.04 bits per heavy atom. The topological polar surface area (TPSA) is 36.7 Å². The number of benzene rings is 1. The van der Waals surface area contributed by atoms with Crippen LogP contribution in [0.15, 0.2) is 47.1 Å². The van der Waals surface area contributed by atoms with Crippen molar-refractivity contribution in [1.82, 2.24) is 9.80 Å². The first-order valence-electron chi connectivity index (χ1n) is 8.17. The zero-order chi connectivity index (χ0) is 16.2. The molecular weight excluding hydrogens is 288 g/mol. The molecule has 0 bridgehead atoms. The van der Waals surface area contributed by atoms with Crippen LogP contribution in [-0.4, -0.2) is 42.4 Å². The Hall–Kier alpha value is -2.07. The first kappa shape index (κ1) is 15.8. The fourth-order valence-corrected chi connectivity index (χ4v) is 3.22. The molecule has 3 rings (SSSR count). The lowest BCUT2D eigenvalue weighted by molar-refractivity contribution is -0.130. The Morgan fingerprint density at radius 3 is 2.78 bits per heavy atom. The number of hydrogen-bond donors (Lipinski definition) is 0. The molecule has 1 aliphatic heterocycles. The standard InChI is InChI=1S/C19H24N2O2/c1-20-13-16-7-4-3-6-15(16)12-17(20)14-21(2)19(22)10-9-18-8-5-11-23-18/h3-8,11,17H,9-10,12-14H2,1-2H3/t17-/m1/s1. The van der Waals surface area contributed by atoms with E-state index in [9.17, 15) is 4.79 Å². The quantitative estimate of drug-likeness (QED) is 0.852. The van der Waals surface area contributed by atoms with Crippen molar-refractivity contribution >= 4 is 5.91 Å². The number of furan rings is 1. The minimum atomic E-state index is 0.175. The van der Waals surface area contributed by atoms with Crippen LogP contribution >= 0.6 is 0 Å². The third-order valence-electron chi connectivity index (χ3n) is 4.69. The molecule has 122 valence electrons. The van der Waals surface area contributed by atoms with Gasteiger partial charge in [-0.15, -0.1) is 0 Å². The van der Waals surface area contributed by atoms with E-state index in [0.717, 1.165) is 25.3 Å². The smallest absolute Gasteiger partial charge is 0.222 e. The number of carbonyl (C=O) groups excluding carboxylic acids is 1. The van der Waals surface area contributed by atoms with Gasteiger partial charge >= 0.3 is 0 Å². The molecule has 1 atom stereocenters. The molecule has 0 fully saturated rings. The van der Waals surface area contributed by atoms with Crippen LogP contribution < -0.4 is 0 Å². The highest BCUT2D eigenvalue weighted by Gasteiger charge is 2.25. The Morgan fingerprint density at radius 1 is 1.26 bits per heavy atom. The van der Waals surface area contributed by atoms with E-state index < -0.39 is 0 Å². The lowest BCUT2D eigenvalue weighted by Crippen LogP contribution is -2.46. The average molecular weight is 312 g/mol. The maximum absolute atomic E-state index is 12.3. The second-order valence-electron chi connectivity index (χ2n) is 6.40. The molecule has 0 radical (unpaired) electrons. The van der Waals surface area contributed by atoms with Gasteiger partial charge in [-0.05, 0) is 36.7 Å². The molecule has 0 aliphatic carbocycles. The van der Waals surface area contributed by atoms with Gasteiger partial charge in [0, 0.05) is 39.0 Å². The fourth-order valence-electron chi connectivity index (χ4n) is 3.22. The maximum Gasteiger partial charge on any atom is 0.222 e. The van der Waals surface area contributed by atoms with Crippen LogP contribution in [0.4, 0.5) is 0 Å². The molecule has 1 amide bonds. The summed E-state index contributed by atoms with van der Waals surface area (Å²) < 4.78 is 5.29. The van der Waals surface area contributed by atoms with Crippen LogP contribution in [0.3, 0.4) is 0 Å². The van der Waals surface area contributed by atoms with Crippen LogP contribution in [0.2, 0.25) is 0 Å². The highest BCUT2D eigenvalue weighted by Crippen LogP contribution is 2.22. The molecule has 1 aromatic heterocycles. The first-order valence-corrected chi connectivity index (χ1v) is 8.17. The van der Waals surface area contributed by atoms with Crippen molar-refractivity contribution in [1.29, 1.82) is 0 Å². The summed E-state index contributed by atoms with van der Waals surface area (Å²) in [6, 6.07) is 12.7. The van der Waals surface area contributed by atoms with E-state index in [1.54, 1.807) is 6.26 Å². The van der Waals surface area contributed by atoms with Crippen molar-refractivity contribution in [2.45, 2.75) is 31.8 Å². The summed E-state index contributed by atoms with van der Waals surface area (Å²) in [5.41, 5.74) is 2.81. The van der Waals surface area contributed by atoms with Gasteiger partial charge in [-0.25, -0.2) is 0 Å². The summed E-state index contributed by atoms with van der Waals surface area (Å²) in [5, 5.41) is 0. The number of aryl methyl sites for hydroxylation is 1. The molecule has 0 N–H and O–H groups in total. The molecule has 4 heteroatoms. The Balaban J connectivity index is 1.55. The highest BCUT2D eigenvalue weighted by atomic mass is 16.3. The number of nitrogens with zero attached hydrogens (tertiary/aromatic N) is 2. The van der Waals surface area contributed by atoms with Crippen molar-refractivity contribution in [2.24, 2.45) is 0 Å². The lowest BCUT2D eigenvalue weighted by atomic mass is 9.94. The number of rotatable bonds is 5. The summed E-state index contributed by atoms with van der Waals surface area (Å²) in [4.78, 5) is 16.5. The van der Waals surface area contributed by atoms with Gasteiger partial charge in [-0.1, -0.05) is 24.3 Å². The van der Waals surface area contributed by atoms with Crippen molar-refractivity contribution < 1.29 is 9.21 Å². The van der Waals surface area contributed by atoms with Gasteiger partial charge in [-0.2, -0.15) is 0 Å². The SMILES string of the molecule is CN(C[C@H]1Cc2ccccc2CN1C)C(=O)CCc1ccco1. The van der Waals surface area contributed by atoms with E-state index in [2.05, 4.69) is 36.2 Å². The Labute approximate surface area is 137 Å². The molecule has 1 aromatic carbocycles.